The van der Waals surface area contributed by atoms with Crippen molar-refractivity contribution in [3.63, 3.8) is 0 Å². The quantitative estimate of drug-likeness (QED) is 0.281. The van der Waals surface area contributed by atoms with Gasteiger partial charge in [0, 0.05) is 24.7 Å². The Morgan fingerprint density at radius 2 is 1.63 bits per heavy atom. The molecule has 0 aliphatic carbocycles. The third-order valence-electron chi connectivity index (χ3n) is 8.11. The Bertz CT molecular complexity index is 1450. The smallest absolute Gasteiger partial charge is 0.372 e. The molecule has 5 rings (SSSR count). The summed E-state index contributed by atoms with van der Waals surface area (Å²) in [6.45, 7) is 4.67. The average molecular weight is 611 g/mol. The number of fused-ring (bicyclic) bond motifs is 2. The van der Waals surface area contributed by atoms with Crippen LogP contribution in [0.4, 0.5) is 38.0 Å². The summed E-state index contributed by atoms with van der Waals surface area (Å²) in [4.78, 5) is 18.2. The first-order valence-electron chi connectivity index (χ1n) is 14.1. The number of rotatable bonds is 7. The van der Waals surface area contributed by atoms with Crippen molar-refractivity contribution in [2.24, 2.45) is 13.0 Å². The summed E-state index contributed by atoms with van der Waals surface area (Å²) < 4.78 is 87.9. The van der Waals surface area contributed by atoms with Gasteiger partial charge in [0.15, 0.2) is 0 Å². The number of aromatic nitrogens is 4. The number of hydrogen-bond acceptors (Lipinski definition) is 6. The van der Waals surface area contributed by atoms with E-state index < -0.39 is 29.5 Å². The highest BCUT2D eigenvalue weighted by Crippen LogP contribution is 2.43. The Morgan fingerprint density at radius 1 is 1.00 bits per heavy atom. The van der Waals surface area contributed by atoms with Crippen molar-refractivity contribution in [1.29, 1.82) is 0 Å². The maximum Gasteiger partial charge on any atom is 0.416 e. The summed E-state index contributed by atoms with van der Waals surface area (Å²) >= 11 is 0. The van der Waals surface area contributed by atoms with Gasteiger partial charge in [0.1, 0.15) is 0 Å². The lowest BCUT2D eigenvalue weighted by molar-refractivity contribution is -0.143. The Morgan fingerprint density at radius 3 is 2.19 bits per heavy atom. The molecule has 0 radical (unpaired) electrons. The molecule has 8 nitrogen and oxygen atoms in total. The molecule has 0 bridgehead atoms. The number of aryl methyl sites for hydroxylation is 1. The summed E-state index contributed by atoms with van der Waals surface area (Å²) in [6.07, 6.45) is -7.70. The first-order valence-corrected chi connectivity index (χ1v) is 14.1. The summed E-state index contributed by atoms with van der Waals surface area (Å²) in [6, 6.07) is 4.81. The molecule has 14 heteroatoms. The van der Waals surface area contributed by atoms with Gasteiger partial charge in [-0.05, 0) is 83.5 Å². The third kappa shape index (κ3) is 6.34. The molecule has 1 unspecified atom stereocenters. The van der Waals surface area contributed by atoms with E-state index in [2.05, 4.69) is 15.4 Å². The highest BCUT2D eigenvalue weighted by Gasteiger charge is 2.39. The largest absolute Gasteiger partial charge is 0.416 e. The zero-order chi connectivity index (χ0) is 31.1. The Hall–Kier alpha value is -3.68. The average Bonchev–Trinajstić information content (AvgIpc) is 3.55. The fourth-order valence-corrected chi connectivity index (χ4v) is 5.88. The number of tetrazole rings is 1. The summed E-state index contributed by atoms with van der Waals surface area (Å²) in [7, 11) is 1.52. The molecule has 0 fully saturated rings. The van der Waals surface area contributed by atoms with Gasteiger partial charge in [-0.25, -0.2) is 0 Å². The van der Waals surface area contributed by atoms with Gasteiger partial charge in [-0.2, -0.15) is 31.1 Å². The van der Waals surface area contributed by atoms with Crippen LogP contribution < -0.4 is 9.80 Å². The molecular formula is C29H32F6N6O2. The molecule has 232 valence electrons. The van der Waals surface area contributed by atoms with Gasteiger partial charge in [-0.3, -0.25) is 4.79 Å². The predicted octanol–water partition coefficient (Wildman–Crippen LogP) is 6.59. The van der Waals surface area contributed by atoms with Crippen LogP contribution in [-0.2, 0) is 48.7 Å². The zero-order valence-electron chi connectivity index (χ0n) is 24.0. The molecule has 0 spiro atoms. The van der Waals surface area contributed by atoms with Crippen molar-refractivity contribution in [3.05, 3.63) is 63.7 Å². The lowest BCUT2D eigenvalue weighted by atomic mass is 9.94. The number of amides is 1. The van der Waals surface area contributed by atoms with E-state index in [-0.39, 0.29) is 35.9 Å². The molecule has 0 saturated heterocycles. The summed E-state index contributed by atoms with van der Waals surface area (Å²) in [5.74, 6) is -0.179. The number of carbonyl (C=O) groups is 1. The van der Waals surface area contributed by atoms with Crippen LogP contribution in [-0.4, -0.2) is 32.7 Å². The number of halogens is 6. The minimum Gasteiger partial charge on any atom is -0.372 e. The second kappa shape index (κ2) is 11.8. The lowest BCUT2D eigenvalue weighted by Gasteiger charge is -2.33. The predicted molar refractivity (Wildman–Crippen MR) is 145 cm³/mol. The number of carbonyl (C=O) groups excluding carboxylic acids is 1. The highest BCUT2D eigenvalue weighted by molar-refractivity contribution is 5.96. The third-order valence-corrected chi connectivity index (χ3v) is 8.11. The molecule has 3 aromatic rings. The second-order valence-corrected chi connectivity index (χ2v) is 11.0. The molecular weight excluding hydrogens is 578 g/mol. The zero-order valence-corrected chi connectivity index (χ0v) is 24.0. The van der Waals surface area contributed by atoms with Crippen LogP contribution in [0.5, 0.6) is 0 Å². The van der Waals surface area contributed by atoms with Crippen LogP contribution in [0.15, 0.2) is 30.3 Å². The molecule has 3 heterocycles. The van der Waals surface area contributed by atoms with Gasteiger partial charge in [0.05, 0.1) is 37.4 Å². The standard InChI is InChI=1S/C29H32F6N6O2/c1-4-18(5-2)26(42)40-8-6-7-24(23-11-19-15-43-16-20(19)12-25(23)40)41(27-36-38-39(3)37-27)14-17-9-21(28(30,31)32)13-22(10-17)29(33,34)35/h9-13,18,24H,4-8,14-16H2,1-3H3. The van der Waals surface area contributed by atoms with Crippen molar-refractivity contribution in [1.82, 2.24) is 20.2 Å². The van der Waals surface area contributed by atoms with E-state index in [1.54, 1.807) is 9.80 Å². The number of anilines is 2. The van der Waals surface area contributed by atoms with Gasteiger partial charge >= 0.3 is 12.4 Å². The molecule has 0 saturated carbocycles. The van der Waals surface area contributed by atoms with Crippen LogP contribution >= 0.6 is 0 Å². The summed E-state index contributed by atoms with van der Waals surface area (Å²) in [5.41, 5.74) is 0.179. The van der Waals surface area contributed by atoms with Crippen LogP contribution in [0.2, 0.25) is 0 Å². The maximum absolute atomic E-state index is 13.7. The van der Waals surface area contributed by atoms with Gasteiger partial charge < -0.3 is 14.5 Å². The van der Waals surface area contributed by atoms with Crippen LogP contribution in [0, 0.1) is 5.92 Å². The molecule has 2 aliphatic rings. The number of alkyl halides is 6. The molecule has 1 amide bonds. The van der Waals surface area contributed by atoms with Gasteiger partial charge in [-0.1, -0.05) is 18.9 Å². The molecule has 1 aromatic heterocycles. The van der Waals surface area contributed by atoms with Crippen LogP contribution in [0.1, 0.15) is 79.0 Å². The van der Waals surface area contributed by atoms with Gasteiger partial charge in [0.25, 0.3) is 5.95 Å². The van der Waals surface area contributed by atoms with Crippen molar-refractivity contribution in [2.75, 3.05) is 16.3 Å². The minimum atomic E-state index is -4.99. The first kappa shape index (κ1) is 30.8. The molecule has 2 aliphatic heterocycles. The van der Waals surface area contributed by atoms with Gasteiger partial charge in [0.2, 0.25) is 5.91 Å². The fraction of sp³-hybridized carbons (Fsp3) is 0.517. The highest BCUT2D eigenvalue weighted by atomic mass is 19.4. The van der Waals surface area contributed by atoms with E-state index in [1.165, 1.54) is 11.8 Å². The minimum absolute atomic E-state index is 0.0253. The first-order chi connectivity index (χ1) is 20.3. The van der Waals surface area contributed by atoms with Crippen LogP contribution in [0.3, 0.4) is 0 Å². The summed E-state index contributed by atoms with van der Waals surface area (Å²) in [5, 5.41) is 12.3. The monoisotopic (exact) mass is 610 g/mol. The maximum atomic E-state index is 13.7. The SMILES string of the molecule is CCC(CC)C(=O)N1CCCC(N(Cc2cc(C(F)(F)F)cc(C(F)(F)F)c2)c2nnn(C)n2)c2cc3c(cc21)COC3. The van der Waals surface area contributed by atoms with E-state index in [0.29, 0.717) is 56.7 Å². The molecule has 43 heavy (non-hydrogen) atoms. The van der Waals surface area contributed by atoms with E-state index in [9.17, 15) is 31.1 Å². The van der Waals surface area contributed by atoms with Crippen molar-refractivity contribution >= 4 is 17.5 Å². The Labute approximate surface area is 244 Å². The number of hydrogen-bond donors (Lipinski definition) is 0. The van der Waals surface area contributed by atoms with E-state index in [4.69, 9.17) is 4.74 Å². The lowest BCUT2D eigenvalue weighted by Crippen LogP contribution is -2.37. The normalized spacial score (nSPS) is 17.2. The van der Waals surface area contributed by atoms with Crippen molar-refractivity contribution in [3.8, 4) is 0 Å². The molecule has 0 N–H and O–H groups in total. The van der Waals surface area contributed by atoms with Crippen molar-refractivity contribution < 1.29 is 35.9 Å². The van der Waals surface area contributed by atoms with Gasteiger partial charge in [-0.15, -0.1) is 5.10 Å². The van der Waals surface area contributed by atoms with Crippen LogP contribution in [0.25, 0.3) is 0 Å². The molecule has 2 aromatic carbocycles. The Balaban J connectivity index is 1.65. The number of nitrogens with zero attached hydrogens (tertiary/aromatic N) is 6. The molecule has 1 atom stereocenters. The van der Waals surface area contributed by atoms with E-state index in [1.807, 2.05) is 26.0 Å². The number of benzene rings is 2. The number of ether oxygens (including phenoxy) is 1. The van der Waals surface area contributed by atoms with E-state index in [0.717, 1.165) is 23.3 Å². The topological polar surface area (TPSA) is 76.4 Å². The second-order valence-electron chi connectivity index (χ2n) is 11.0. The van der Waals surface area contributed by atoms with Crippen molar-refractivity contribution in [2.45, 2.75) is 77.7 Å². The Kier molecular flexibility index (Phi) is 8.43. The fourth-order valence-electron chi connectivity index (χ4n) is 5.88. The van der Waals surface area contributed by atoms with E-state index >= 15 is 0 Å².